The van der Waals surface area contributed by atoms with Crippen LogP contribution in [0.25, 0.3) is 0 Å². The zero-order valence-corrected chi connectivity index (χ0v) is 14.8. The molecule has 1 aliphatic heterocycles. The van der Waals surface area contributed by atoms with Crippen LogP contribution in [0.3, 0.4) is 0 Å². The van der Waals surface area contributed by atoms with Crippen molar-refractivity contribution in [2.45, 2.75) is 23.5 Å². The molecule has 1 aromatic carbocycles. The molecule has 0 radical (unpaired) electrons. The van der Waals surface area contributed by atoms with E-state index in [2.05, 4.69) is 21.6 Å². The monoisotopic (exact) mass is 358 g/mol. The SMILES string of the molecule is CCn1nnnc1SCC(=O)/C(C#N)=C1/Sc2ccccc2N1C. The summed E-state index contributed by atoms with van der Waals surface area (Å²) in [6.45, 7) is 2.55. The molecule has 0 saturated heterocycles. The predicted octanol–water partition coefficient (Wildman–Crippen LogP) is 2.33. The normalized spacial score (nSPS) is 15.1. The molecule has 0 saturated carbocycles. The number of anilines is 1. The van der Waals surface area contributed by atoms with Gasteiger partial charge in [-0.1, -0.05) is 35.7 Å². The van der Waals surface area contributed by atoms with Crippen LogP contribution in [-0.4, -0.2) is 38.8 Å². The molecule has 24 heavy (non-hydrogen) atoms. The molecule has 0 N–H and O–H groups in total. The molecule has 0 aliphatic carbocycles. The van der Waals surface area contributed by atoms with Crippen LogP contribution in [0.1, 0.15) is 6.92 Å². The number of carbonyl (C=O) groups is 1. The molecule has 7 nitrogen and oxygen atoms in total. The van der Waals surface area contributed by atoms with Crippen molar-refractivity contribution >= 4 is 35.0 Å². The highest BCUT2D eigenvalue weighted by Gasteiger charge is 2.28. The van der Waals surface area contributed by atoms with E-state index in [1.807, 2.05) is 43.1 Å². The zero-order chi connectivity index (χ0) is 17.1. The van der Waals surface area contributed by atoms with Crippen molar-refractivity contribution in [1.29, 1.82) is 5.26 Å². The molecule has 0 atom stereocenters. The number of aromatic nitrogens is 4. The van der Waals surface area contributed by atoms with Gasteiger partial charge in [-0.15, -0.1) is 5.10 Å². The van der Waals surface area contributed by atoms with E-state index in [9.17, 15) is 10.1 Å². The summed E-state index contributed by atoms with van der Waals surface area (Å²) < 4.78 is 1.61. The van der Waals surface area contributed by atoms with E-state index >= 15 is 0 Å². The molecule has 0 unspecified atom stereocenters. The van der Waals surface area contributed by atoms with Crippen LogP contribution in [0.15, 0.2) is 44.9 Å². The van der Waals surface area contributed by atoms with Crippen molar-refractivity contribution in [1.82, 2.24) is 20.2 Å². The smallest absolute Gasteiger partial charge is 0.209 e. The second kappa shape index (κ2) is 7.07. The molecule has 0 bridgehead atoms. The second-order valence-corrected chi connectivity index (χ2v) is 6.88. The van der Waals surface area contributed by atoms with E-state index in [1.165, 1.54) is 23.5 Å². The van der Waals surface area contributed by atoms with E-state index < -0.39 is 0 Å². The number of nitrogens with zero attached hydrogens (tertiary/aromatic N) is 6. The lowest BCUT2D eigenvalue weighted by Gasteiger charge is -2.14. The Labute approximate surface area is 147 Å². The Morgan fingerprint density at radius 2 is 2.21 bits per heavy atom. The summed E-state index contributed by atoms with van der Waals surface area (Å²) in [5, 5.41) is 22.0. The maximum Gasteiger partial charge on any atom is 0.209 e. The molecule has 3 rings (SSSR count). The predicted molar refractivity (Wildman–Crippen MR) is 92.6 cm³/mol. The minimum absolute atomic E-state index is 0.123. The molecule has 0 amide bonds. The number of Topliss-reactive ketones (excluding diaryl/α,β-unsaturated/α-hetero) is 1. The first-order chi connectivity index (χ1) is 11.7. The Bertz CT molecular complexity index is 854. The highest BCUT2D eigenvalue weighted by atomic mass is 32.2. The topological polar surface area (TPSA) is 87.7 Å². The van der Waals surface area contributed by atoms with Crippen LogP contribution in [-0.2, 0) is 11.3 Å². The number of hydrogen-bond donors (Lipinski definition) is 0. The Morgan fingerprint density at radius 3 is 2.92 bits per heavy atom. The Hall–Kier alpha value is -2.31. The first kappa shape index (κ1) is 16.5. The fourth-order valence-corrected chi connectivity index (χ4v) is 4.23. The van der Waals surface area contributed by atoms with Gasteiger partial charge in [-0.25, -0.2) is 4.68 Å². The summed E-state index contributed by atoms with van der Waals surface area (Å²) in [6, 6.07) is 9.89. The summed E-state index contributed by atoms with van der Waals surface area (Å²) in [4.78, 5) is 15.5. The van der Waals surface area contributed by atoms with Crippen molar-refractivity contribution in [3.05, 3.63) is 34.9 Å². The molecule has 9 heteroatoms. The van der Waals surface area contributed by atoms with Gasteiger partial charge in [0, 0.05) is 18.5 Å². The Balaban J connectivity index is 1.80. The van der Waals surface area contributed by atoms with Gasteiger partial charge in [-0.05, 0) is 29.5 Å². The van der Waals surface area contributed by atoms with Gasteiger partial charge in [0.1, 0.15) is 16.7 Å². The van der Waals surface area contributed by atoms with Gasteiger partial charge < -0.3 is 4.90 Å². The molecule has 1 aromatic heterocycles. The Kier molecular flexibility index (Phi) is 4.87. The fraction of sp³-hybridized carbons (Fsp3) is 0.267. The highest BCUT2D eigenvalue weighted by molar-refractivity contribution is 8.03. The number of aryl methyl sites for hydroxylation is 1. The third-order valence-electron chi connectivity index (χ3n) is 3.47. The van der Waals surface area contributed by atoms with Crippen molar-refractivity contribution in [3.8, 4) is 6.07 Å². The first-order valence-corrected chi connectivity index (χ1v) is 9.03. The maximum absolute atomic E-state index is 12.5. The van der Waals surface area contributed by atoms with E-state index in [-0.39, 0.29) is 17.1 Å². The number of hydrogen-bond acceptors (Lipinski definition) is 8. The number of benzene rings is 1. The zero-order valence-electron chi connectivity index (χ0n) is 13.1. The van der Waals surface area contributed by atoms with Gasteiger partial charge in [0.2, 0.25) is 5.16 Å². The lowest BCUT2D eigenvalue weighted by molar-refractivity contribution is -0.112. The lowest BCUT2D eigenvalue weighted by Crippen LogP contribution is -2.16. The number of thioether (sulfide) groups is 2. The van der Waals surface area contributed by atoms with Crippen molar-refractivity contribution in [2.75, 3.05) is 17.7 Å². The summed E-state index contributed by atoms with van der Waals surface area (Å²) in [6.07, 6.45) is 0. The van der Waals surface area contributed by atoms with Gasteiger partial charge in [-0.3, -0.25) is 4.79 Å². The van der Waals surface area contributed by atoms with Gasteiger partial charge in [-0.2, -0.15) is 5.26 Å². The number of carbonyl (C=O) groups excluding carboxylic acids is 1. The summed E-state index contributed by atoms with van der Waals surface area (Å²) in [7, 11) is 1.86. The number of tetrazole rings is 1. The number of nitriles is 1. The summed E-state index contributed by atoms with van der Waals surface area (Å²) in [5.74, 6) is -0.104. The van der Waals surface area contributed by atoms with Gasteiger partial charge >= 0.3 is 0 Å². The lowest BCUT2D eigenvalue weighted by atomic mass is 10.2. The summed E-state index contributed by atoms with van der Waals surface area (Å²) >= 11 is 2.68. The minimum Gasteiger partial charge on any atom is -0.337 e. The Morgan fingerprint density at radius 1 is 1.42 bits per heavy atom. The third-order valence-corrected chi connectivity index (χ3v) is 5.67. The number of rotatable bonds is 5. The largest absolute Gasteiger partial charge is 0.337 e. The fourth-order valence-electron chi connectivity index (χ4n) is 2.25. The number of fused-ring (bicyclic) bond motifs is 1. The van der Waals surface area contributed by atoms with E-state index in [1.54, 1.807) is 4.68 Å². The van der Waals surface area contributed by atoms with Gasteiger partial charge in [0.25, 0.3) is 0 Å². The molecular weight excluding hydrogens is 344 g/mol. The molecule has 0 spiro atoms. The molecule has 0 fully saturated rings. The first-order valence-electron chi connectivity index (χ1n) is 7.22. The second-order valence-electron chi connectivity index (χ2n) is 4.91. The standard InChI is InChI=1S/C15H14N6OS2/c1-3-21-15(17-18-19-21)23-9-12(22)10(8-16)14-20(2)11-6-4-5-7-13(11)24-14/h4-7H,3,9H2,1-2H3/b14-10+. The molecule has 2 aromatic rings. The number of allylic oxidation sites excluding steroid dienone is 1. The quantitative estimate of drug-likeness (QED) is 0.457. The molecule has 2 heterocycles. The van der Waals surface area contributed by atoms with E-state index in [0.717, 1.165) is 10.6 Å². The average Bonchev–Trinajstić information content (AvgIpc) is 3.19. The minimum atomic E-state index is -0.227. The van der Waals surface area contributed by atoms with Crippen LogP contribution in [0.2, 0.25) is 0 Å². The van der Waals surface area contributed by atoms with Crippen LogP contribution in [0, 0.1) is 11.3 Å². The van der Waals surface area contributed by atoms with E-state index in [4.69, 9.17) is 0 Å². The van der Waals surface area contributed by atoms with Crippen LogP contribution < -0.4 is 4.90 Å². The number of para-hydroxylation sites is 1. The van der Waals surface area contributed by atoms with Crippen LogP contribution in [0.4, 0.5) is 5.69 Å². The van der Waals surface area contributed by atoms with Crippen LogP contribution >= 0.6 is 23.5 Å². The summed E-state index contributed by atoms with van der Waals surface area (Å²) in [5.41, 5.74) is 1.17. The maximum atomic E-state index is 12.5. The molecule has 122 valence electrons. The third kappa shape index (κ3) is 3.02. The van der Waals surface area contributed by atoms with Gasteiger partial charge in [0.15, 0.2) is 5.78 Å². The highest BCUT2D eigenvalue weighted by Crippen LogP contribution is 2.46. The average molecular weight is 358 g/mol. The van der Waals surface area contributed by atoms with Crippen molar-refractivity contribution in [2.24, 2.45) is 0 Å². The molecule has 1 aliphatic rings. The number of ketones is 1. The van der Waals surface area contributed by atoms with Crippen LogP contribution in [0.5, 0.6) is 0 Å². The van der Waals surface area contributed by atoms with Crippen molar-refractivity contribution < 1.29 is 4.79 Å². The van der Waals surface area contributed by atoms with E-state index in [0.29, 0.717) is 16.7 Å². The molecular formula is C15H14N6OS2. The van der Waals surface area contributed by atoms with Gasteiger partial charge in [0.05, 0.1) is 11.4 Å². The van der Waals surface area contributed by atoms with Crippen molar-refractivity contribution in [3.63, 3.8) is 0 Å².